The third-order valence-electron chi connectivity index (χ3n) is 7.08. The van der Waals surface area contributed by atoms with Crippen LogP contribution < -0.4 is 5.32 Å². The van der Waals surface area contributed by atoms with E-state index in [1.54, 1.807) is 13.0 Å². The molecule has 172 valence electrons. The van der Waals surface area contributed by atoms with E-state index in [0.29, 0.717) is 18.5 Å². The molecular formula is C24H29F2N3O3. The molecule has 2 aliphatic rings. The molecule has 1 saturated carbocycles. The Balaban J connectivity index is 1.72. The fraction of sp³-hybridized carbons (Fsp3) is 0.542. The van der Waals surface area contributed by atoms with Gasteiger partial charge in [-0.1, -0.05) is 26.8 Å². The molecule has 8 heteroatoms. The van der Waals surface area contributed by atoms with E-state index in [-0.39, 0.29) is 35.0 Å². The molecule has 4 atom stereocenters. The minimum atomic E-state index is -0.824. The molecular weight excluding hydrogens is 416 g/mol. The maximum Gasteiger partial charge on any atom is 0.249 e. The van der Waals surface area contributed by atoms with Gasteiger partial charge in [0, 0.05) is 12.0 Å². The average Bonchev–Trinajstić information content (AvgIpc) is 3.10. The minimum absolute atomic E-state index is 0.0691. The first-order chi connectivity index (χ1) is 15.1. The van der Waals surface area contributed by atoms with E-state index < -0.39 is 29.4 Å². The van der Waals surface area contributed by atoms with E-state index in [9.17, 15) is 18.7 Å². The maximum atomic E-state index is 14.3. The molecule has 2 bridgehead atoms. The third-order valence-corrected chi connectivity index (χ3v) is 7.08. The maximum absolute atomic E-state index is 14.3. The second-order valence-electron chi connectivity index (χ2n) is 9.38. The van der Waals surface area contributed by atoms with Gasteiger partial charge < -0.3 is 15.2 Å². The van der Waals surface area contributed by atoms with Crippen molar-refractivity contribution < 1.29 is 23.4 Å². The van der Waals surface area contributed by atoms with Crippen LogP contribution in [0.3, 0.4) is 0 Å². The summed E-state index contributed by atoms with van der Waals surface area (Å²) >= 11 is 0. The second-order valence-corrected chi connectivity index (χ2v) is 9.38. The Hall–Kier alpha value is -2.45. The number of ether oxygens (including phenoxy) is 1. The summed E-state index contributed by atoms with van der Waals surface area (Å²) in [6, 6.07) is 5.43. The second kappa shape index (κ2) is 8.15. The summed E-state index contributed by atoms with van der Waals surface area (Å²) in [4.78, 5) is 12.7. The number of aromatic nitrogens is 2. The summed E-state index contributed by atoms with van der Waals surface area (Å²) < 4.78 is 35.2. The number of nitrogens with zero attached hydrogens (tertiary/aromatic N) is 2. The van der Waals surface area contributed by atoms with Gasteiger partial charge in [-0.3, -0.25) is 4.79 Å². The average molecular weight is 446 g/mol. The molecule has 0 saturated heterocycles. The number of benzene rings is 1. The van der Waals surface area contributed by atoms with E-state index >= 15 is 0 Å². The van der Waals surface area contributed by atoms with Gasteiger partial charge in [0.15, 0.2) is 0 Å². The van der Waals surface area contributed by atoms with E-state index in [0.717, 1.165) is 12.0 Å². The molecule has 1 aromatic heterocycles. The fourth-order valence-corrected chi connectivity index (χ4v) is 5.32. The quantitative estimate of drug-likeness (QED) is 0.677. The van der Waals surface area contributed by atoms with Gasteiger partial charge in [-0.15, -0.1) is 5.10 Å². The molecule has 0 unspecified atom stereocenters. The summed E-state index contributed by atoms with van der Waals surface area (Å²) in [5.41, 5.74) is 0.264. The van der Waals surface area contributed by atoms with Crippen LogP contribution in [0.2, 0.25) is 0 Å². The Morgan fingerprint density at radius 3 is 2.62 bits per heavy atom. The van der Waals surface area contributed by atoms with Crippen molar-refractivity contribution in [1.82, 2.24) is 15.5 Å². The summed E-state index contributed by atoms with van der Waals surface area (Å²) in [6.45, 7) is 7.77. The van der Waals surface area contributed by atoms with E-state index in [2.05, 4.69) is 29.4 Å². The van der Waals surface area contributed by atoms with Crippen LogP contribution in [0, 0.1) is 17.0 Å². The molecule has 4 rings (SSSR count). The number of aliphatic hydroxyl groups is 1. The molecule has 1 fully saturated rings. The van der Waals surface area contributed by atoms with Crippen LogP contribution in [0.5, 0.6) is 0 Å². The number of carbonyl (C=O) groups is 1. The van der Waals surface area contributed by atoms with E-state index in [1.165, 1.54) is 18.2 Å². The standard InChI is InChI=1S/C24H29F2N3O3/c1-5-19(22(31)27-12-13(2)30)32-24-10-9-15(23(24,3)4)14-11-18(28-29-21(14)24)20-16(25)7-6-8-17(20)26/h6-8,11,13,15,19,30H,5,9-10,12H2,1-4H3,(H,27,31)/t13-,15-,19+,24-/m0/s1. The molecule has 1 heterocycles. The highest BCUT2D eigenvalue weighted by Gasteiger charge is 2.65. The Morgan fingerprint density at radius 2 is 2.00 bits per heavy atom. The van der Waals surface area contributed by atoms with Crippen LogP contribution >= 0.6 is 0 Å². The first-order valence-electron chi connectivity index (χ1n) is 11.1. The van der Waals surface area contributed by atoms with Gasteiger partial charge in [0.2, 0.25) is 5.91 Å². The number of halogens is 2. The molecule has 1 aromatic carbocycles. The highest BCUT2D eigenvalue weighted by molar-refractivity contribution is 5.80. The lowest BCUT2D eigenvalue weighted by molar-refractivity contribution is -0.168. The normalized spacial score (nSPS) is 24.8. The third kappa shape index (κ3) is 3.40. The highest BCUT2D eigenvalue weighted by atomic mass is 19.1. The van der Waals surface area contributed by atoms with Gasteiger partial charge in [-0.25, -0.2) is 8.78 Å². The van der Waals surface area contributed by atoms with Crippen molar-refractivity contribution in [1.29, 1.82) is 0 Å². The molecule has 2 N–H and O–H groups in total. The SMILES string of the molecule is CC[C@@H](O[C@@]12CC[C@@H](c3cc(-c4c(F)cccc4F)nnc31)C2(C)C)C(=O)NC[C@H](C)O. The van der Waals surface area contributed by atoms with Crippen LogP contribution in [0.4, 0.5) is 8.78 Å². The van der Waals surface area contributed by atoms with Crippen LogP contribution in [0.25, 0.3) is 11.3 Å². The number of aliphatic hydroxyl groups excluding tert-OH is 1. The van der Waals surface area contributed by atoms with Gasteiger partial charge in [0.1, 0.15) is 23.3 Å². The molecule has 32 heavy (non-hydrogen) atoms. The smallest absolute Gasteiger partial charge is 0.249 e. The van der Waals surface area contributed by atoms with Gasteiger partial charge >= 0.3 is 0 Å². The number of fused-ring (bicyclic) bond motifs is 5. The molecule has 0 radical (unpaired) electrons. The molecule has 6 nitrogen and oxygen atoms in total. The van der Waals surface area contributed by atoms with E-state index in [1.807, 2.05) is 6.92 Å². The number of rotatable bonds is 7. The predicted octanol–water partition coefficient (Wildman–Crippen LogP) is 3.83. The van der Waals surface area contributed by atoms with Crippen LogP contribution in [-0.4, -0.2) is 40.0 Å². The highest BCUT2D eigenvalue weighted by Crippen LogP contribution is 2.68. The number of hydrogen-bond donors (Lipinski definition) is 2. The zero-order valence-corrected chi connectivity index (χ0v) is 18.8. The lowest BCUT2D eigenvalue weighted by atomic mass is 9.77. The van der Waals surface area contributed by atoms with Gasteiger partial charge in [0.25, 0.3) is 0 Å². The summed E-state index contributed by atoms with van der Waals surface area (Å²) in [7, 11) is 0. The van der Waals surface area contributed by atoms with Gasteiger partial charge in [0.05, 0.1) is 23.1 Å². The van der Waals surface area contributed by atoms with Crippen molar-refractivity contribution in [2.75, 3.05) is 6.54 Å². The zero-order chi connectivity index (χ0) is 23.3. The Labute approximate surface area is 186 Å². The van der Waals surface area contributed by atoms with Crippen molar-refractivity contribution in [3.05, 3.63) is 47.2 Å². The Kier molecular flexibility index (Phi) is 5.79. The number of hydrogen-bond acceptors (Lipinski definition) is 5. The Bertz CT molecular complexity index is 1020. The number of carbonyl (C=O) groups excluding carboxylic acids is 1. The van der Waals surface area contributed by atoms with Crippen LogP contribution in [-0.2, 0) is 15.1 Å². The van der Waals surface area contributed by atoms with Crippen molar-refractivity contribution in [3.63, 3.8) is 0 Å². The van der Waals surface area contributed by atoms with Crippen LogP contribution in [0.1, 0.15) is 64.1 Å². The summed E-state index contributed by atoms with van der Waals surface area (Å²) in [6.07, 6.45) is 0.576. The van der Waals surface area contributed by atoms with Gasteiger partial charge in [-0.05, 0) is 55.9 Å². The Morgan fingerprint density at radius 1 is 1.31 bits per heavy atom. The lowest BCUT2D eigenvalue weighted by Gasteiger charge is -2.40. The number of amides is 1. The molecule has 1 amide bonds. The van der Waals surface area contributed by atoms with Crippen molar-refractivity contribution >= 4 is 5.91 Å². The monoisotopic (exact) mass is 445 g/mol. The summed E-state index contributed by atoms with van der Waals surface area (Å²) in [5, 5.41) is 20.8. The van der Waals surface area contributed by atoms with Crippen LogP contribution in [0.15, 0.2) is 24.3 Å². The van der Waals surface area contributed by atoms with Gasteiger partial charge in [-0.2, -0.15) is 5.10 Å². The topological polar surface area (TPSA) is 84.3 Å². The fourth-order valence-electron chi connectivity index (χ4n) is 5.32. The minimum Gasteiger partial charge on any atom is -0.392 e. The lowest BCUT2D eigenvalue weighted by Crippen LogP contribution is -2.47. The van der Waals surface area contributed by atoms with Crippen molar-refractivity contribution in [2.45, 2.75) is 70.7 Å². The predicted molar refractivity (Wildman–Crippen MR) is 115 cm³/mol. The molecule has 0 spiro atoms. The summed E-state index contributed by atoms with van der Waals surface area (Å²) in [5.74, 6) is -1.59. The zero-order valence-electron chi connectivity index (χ0n) is 18.8. The number of nitrogens with one attached hydrogen (secondary N) is 1. The largest absolute Gasteiger partial charge is 0.392 e. The van der Waals surface area contributed by atoms with E-state index in [4.69, 9.17) is 4.74 Å². The van der Waals surface area contributed by atoms with Crippen molar-refractivity contribution in [3.8, 4) is 11.3 Å². The van der Waals surface area contributed by atoms with Crippen molar-refractivity contribution in [2.24, 2.45) is 5.41 Å². The molecule has 0 aliphatic heterocycles. The molecule has 2 aromatic rings. The first-order valence-corrected chi connectivity index (χ1v) is 11.1. The first kappa shape index (κ1) is 22.7. The molecule has 2 aliphatic carbocycles.